The van der Waals surface area contributed by atoms with Crippen molar-refractivity contribution in [2.45, 2.75) is 58.5 Å². The first-order valence-electron chi connectivity index (χ1n) is 8.78. The summed E-state index contributed by atoms with van der Waals surface area (Å²) in [6.07, 6.45) is 5.45. The number of likely N-dealkylation sites (tertiary alicyclic amines) is 2. The van der Waals surface area contributed by atoms with Crippen LogP contribution in [0.25, 0.3) is 0 Å². The molecule has 0 aromatic carbocycles. The highest BCUT2D eigenvalue weighted by Crippen LogP contribution is 2.31. The molecule has 0 radical (unpaired) electrons. The van der Waals surface area contributed by atoms with E-state index in [2.05, 4.69) is 42.9 Å². The Kier molecular flexibility index (Phi) is 6.31. The Morgan fingerprint density at radius 2 is 2.00 bits per heavy atom. The Bertz CT molecular complexity index is 281. The zero-order valence-electron chi connectivity index (χ0n) is 14.1. The third-order valence-corrected chi connectivity index (χ3v) is 5.67. The van der Waals surface area contributed by atoms with Crippen LogP contribution in [-0.4, -0.2) is 61.7 Å². The van der Waals surface area contributed by atoms with Crippen LogP contribution in [0.5, 0.6) is 0 Å². The van der Waals surface area contributed by atoms with Gasteiger partial charge in [-0.2, -0.15) is 0 Å². The number of nitrogens with one attached hydrogen (secondary N) is 1. The summed E-state index contributed by atoms with van der Waals surface area (Å²) in [5.41, 5.74) is 0. The van der Waals surface area contributed by atoms with E-state index in [0.29, 0.717) is 6.04 Å². The molecule has 2 heterocycles. The first-order valence-corrected chi connectivity index (χ1v) is 8.78. The molecule has 1 N–H and O–H groups in total. The lowest BCUT2D eigenvalue weighted by molar-refractivity contribution is 0.0132. The SMILES string of the molecule is CCCNCC(C)C(C)N1CCC2C(CCCN2C)C1. The second kappa shape index (κ2) is 7.77. The van der Waals surface area contributed by atoms with Crippen LogP contribution in [0.3, 0.4) is 0 Å². The van der Waals surface area contributed by atoms with Crippen molar-refractivity contribution in [3.8, 4) is 0 Å². The molecule has 0 bridgehead atoms. The first kappa shape index (κ1) is 16.3. The molecule has 3 heteroatoms. The molecule has 20 heavy (non-hydrogen) atoms. The van der Waals surface area contributed by atoms with Gasteiger partial charge in [0.2, 0.25) is 0 Å². The molecule has 4 atom stereocenters. The van der Waals surface area contributed by atoms with Crippen molar-refractivity contribution >= 4 is 0 Å². The molecule has 2 fully saturated rings. The molecule has 0 saturated carbocycles. The highest BCUT2D eigenvalue weighted by Gasteiger charge is 2.36. The lowest BCUT2D eigenvalue weighted by atomic mass is 9.83. The van der Waals surface area contributed by atoms with Crippen LogP contribution >= 0.6 is 0 Å². The van der Waals surface area contributed by atoms with Gasteiger partial charge in [-0.3, -0.25) is 4.90 Å². The van der Waals surface area contributed by atoms with Crippen LogP contribution < -0.4 is 5.32 Å². The molecular weight excluding hydrogens is 246 g/mol. The summed E-state index contributed by atoms with van der Waals surface area (Å²) in [4.78, 5) is 5.38. The van der Waals surface area contributed by atoms with Gasteiger partial charge < -0.3 is 10.2 Å². The minimum absolute atomic E-state index is 0.715. The fraction of sp³-hybridized carbons (Fsp3) is 1.00. The van der Waals surface area contributed by atoms with Crippen LogP contribution in [0, 0.1) is 11.8 Å². The highest BCUT2D eigenvalue weighted by atomic mass is 15.2. The van der Waals surface area contributed by atoms with Crippen molar-refractivity contribution in [2.75, 3.05) is 39.8 Å². The van der Waals surface area contributed by atoms with Crippen molar-refractivity contribution in [2.24, 2.45) is 11.8 Å². The number of nitrogens with zero attached hydrogens (tertiary/aromatic N) is 2. The van der Waals surface area contributed by atoms with Gasteiger partial charge in [-0.05, 0) is 77.7 Å². The standard InChI is InChI=1S/C17H35N3/c1-5-9-18-12-14(2)15(3)20-11-8-17-16(13-20)7-6-10-19(17)4/h14-18H,5-13H2,1-4H3. The van der Waals surface area contributed by atoms with E-state index in [1.807, 2.05) is 0 Å². The van der Waals surface area contributed by atoms with Crippen LogP contribution in [0.1, 0.15) is 46.5 Å². The largest absolute Gasteiger partial charge is 0.316 e. The van der Waals surface area contributed by atoms with Crippen molar-refractivity contribution in [3.63, 3.8) is 0 Å². The van der Waals surface area contributed by atoms with Gasteiger partial charge in [-0.1, -0.05) is 13.8 Å². The van der Waals surface area contributed by atoms with Crippen LogP contribution in [0.2, 0.25) is 0 Å². The van der Waals surface area contributed by atoms with Crippen LogP contribution in [0.4, 0.5) is 0 Å². The molecule has 2 saturated heterocycles. The number of fused-ring (bicyclic) bond motifs is 1. The van der Waals surface area contributed by atoms with Gasteiger partial charge in [-0.25, -0.2) is 0 Å². The van der Waals surface area contributed by atoms with E-state index in [0.717, 1.165) is 24.4 Å². The minimum atomic E-state index is 0.715. The minimum Gasteiger partial charge on any atom is -0.316 e. The second-order valence-corrected chi connectivity index (χ2v) is 7.16. The molecule has 118 valence electrons. The predicted molar refractivity (Wildman–Crippen MR) is 87.1 cm³/mol. The van der Waals surface area contributed by atoms with Gasteiger partial charge >= 0.3 is 0 Å². The van der Waals surface area contributed by atoms with Gasteiger partial charge in [0, 0.05) is 18.6 Å². The maximum atomic E-state index is 3.58. The van der Waals surface area contributed by atoms with E-state index in [1.54, 1.807) is 0 Å². The van der Waals surface area contributed by atoms with E-state index >= 15 is 0 Å². The summed E-state index contributed by atoms with van der Waals surface area (Å²) >= 11 is 0. The summed E-state index contributed by atoms with van der Waals surface area (Å²) in [6.45, 7) is 13.3. The van der Waals surface area contributed by atoms with Crippen molar-refractivity contribution in [1.29, 1.82) is 0 Å². The van der Waals surface area contributed by atoms with Gasteiger partial charge in [0.05, 0.1) is 0 Å². The topological polar surface area (TPSA) is 18.5 Å². The van der Waals surface area contributed by atoms with Gasteiger partial charge in [0.15, 0.2) is 0 Å². The summed E-state index contributed by atoms with van der Waals surface area (Å²) in [7, 11) is 2.33. The molecule has 2 rings (SSSR count). The average molecular weight is 281 g/mol. The summed E-state index contributed by atoms with van der Waals surface area (Å²) < 4.78 is 0. The summed E-state index contributed by atoms with van der Waals surface area (Å²) in [6, 6.07) is 1.58. The Morgan fingerprint density at radius 3 is 2.75 bits per heavy atom. The smallest absolute Gasteiger partial charge is 0.0145 e. The predicted octanol–water partition coefficient (Wildman–Crippen LogP) is 2.43. The molecular formula is C17H35N3. The number of hydrogen-bond donors (Lipinski definition) is 1. The van der Waals surface area contributed by atoms with Crippen molar-refractivity contribution < 1.29 is 0 Å². The normalized spacial score (nSPS) is 31.8. The van der Waals surface area contributed by atoms with Crippen LogP contribution in [-0.2, 0) is 0 Å². The number of rotatable bonds is 6. The maximum Gasteiger partial charge on any atom is 0.0145 e. The zero-order valence-corrected chi connectivity index (χ0v) is 14.1. The number of piperidine rings is 2. The quantitative estimate of drug-likeness (QED) is 0.754. The van der Waals surface area contributed by atoms with Gasteiger partial charge in [0.1, 0.15) is 0 Å². The van der Waals surface area contributed by atoms with Crippen molar-refractivity contribution in [1.82, 2.24) is 15.1 Å². The number of hydrogen-bond acceptors (Lipinski definition) is 3. The molecule has 4 unspecified atom stereocenters. The molecule has 2 aliphatic rings. The van der Waals surface area contributed by atoms with E-state index < -0.39 is 0 Å². The summed E-state index contributed by atoms with van der Waals surface area (Å²) in [5.74, 6) is 1.67. The van der Waals surface area contributed by atoms with Crippen LogP contribution in [0.15, 0.2) is 0 Å². The third kappa shape index (κ3) is 3.96. The van der Waals surface area contributed by atoms with E-state index in [-0.39, 0.29) is 0 Å². The Labute approximate surface area is 126 Å². The monoisotopic (exact) mass is 281 g/mol. The Morgan fingerprint density at radius 1 is 1.20 bits per heavy atom. The lowest BCUT2D eigenvalue weighted by Gasteiger charge is -2.48. The fourth-order valence-electron chi connectivity index (χ4n) is 4.09. The molecule has 0 aliphatic carbocycles. The van der Waals surface area contributed by atoms with Gasteiger partial charge in [0.25, 0.3) is 0 Å². The molecule has 0 spiro atoms. The second-order valence-electron chi connectivity index (χ2n) is 7.16. The molecule has 2 aliphatic heterocycles. The van der Waals surface area contributed by atoms with Crippen molar-refractivity contribution in [3.05, 3.63) is 0 Å². The fourth-order valence-corrected chi connectivity index (χ4v) is 4.09. The average Bonchev–Trinajstić information content (AvgIpc) is 2.46. The molecule has 0 aromatic heterocycles. The molecule has 0 amide bonds. The van der Waals surface area contributed by atoms with Gasteiger partial charge in [-0.15, -0.1) is 0 Å². The molecule has 0 aromatic rings. The maximum absolute atomic E-state index is 3.58. The van der Waals surface area contributed by atoms with E-state index in [1.165, 1.54) is 51.9 Å². The van der Waals surface area contributed by atoms with E-state index in [9.17, 15) is 0 Å². The lowest BCUT2D eigenvalue weighted by Crippen LogP contribution is -2.55. The third-order valence-electron chi connectivity index (χ3n) is 5.67. The Balaban J connectivity index is 1.81. The van der Waals surface area contributed by atoms with E-state index in [4.69, 9.17) is 0 Å². The summed E-state index contributed by atoms with van der Waals surface area (Å²) in [5, 5.41) is 3.58. The highest BCUT2D eigenvalue weighted by molar-refractivity contribution is 4.91. The Hall–Kier alpha value is -0.120. The molecule has 3 nitrogen and oxygen atoms in total. The zero-order chi connectivity index (χ0) is 14.5. The first-order chi connectivity index (χ1) is 9.63.